The quantitative estimate of drug-likeness (QED) is 0.666. The van der Waals surface area contributed by atoms with Gasteiger partial charge in [-0.15, -0.1) is 6.58 Å². The number of thioether (sulfide) groups is 1. The number of para-hydroxylation sites is 1. The van der Waals surface area contributed by atoms with Crippen LogP contribution in [0, 0.1) is 5.82 Å². The number of nitrogens with one attached hydrogen (secondary N) is 1. The van der Waals surface area contributed by atoms with Gasteiger partial charge in [-0.2, -0.15) is 0 Å². The Morgan fingerprint density at radius 1 is 1.33 bits per heavy atom. The second kappa shape index (κ2) is 10.1. The number of nitrogens with zero attached hydrogens (tertiary/aromatic N) is 2. The molecule has 0 aliphatic carbocycles. The van der Waals surface area contributed by atoms with Gasteiger partial charge in [0.2, 0.25) is 11.8 Å². The first-order chi connectivity index (χ1) is 14.5. The van der Waals surface area contributed by atoms with E-state index in [4.69, 9.17) is 4.74 Å². The molecule has 0 saturated carbocycles. The van der Waals surface area contributed by atoms with Crippen molar-refractivity contribution in [2.45, 2.75) is 18.6 Å². The summed E-state index contributed by atoms with van der Waals surface area (Å²) < 4.78 is 19.4. The monoisotopic (exact) mass is 427 g/mol. The van der Waals surface area contributed by atoms with Crippen LogP contribution < -0.4 is 10.1 Å². The average Bonchev–Trinajstić information content (AvgIpc) is 2.73. The number of amides is 2. The lowest BCUT2D eigenvalue weighted by Crippen LogP contribution is -2.45. The van der Waals surface area contributed by atoms with Gasteiger partial charge >= 0.3 is 0 Å². The molecule has 0 radical (unpaired) electrons. The summed E-state index contributed by atoms with van der Waals surface area (Å²) in [5.74, 6) is -0.387. The number of anilines is 1. The maximum absolute atomic E-state index is 14.1. The van der Waals surface area contributed by atoms with Crippen molar-refractivity contribution in [3.63, 3.8) is 0 Å². The number of halogens is 1. The van der Waals surface area contributed by atoms with Crippen molar-refractivity contribution in [2.24, 2.45) is 4.99 Å². The molecule has 1 saturated heterocycles. The zero-order chi connectivity index (χ0) is 21.5. The molecule has 3 rings (SSSR count). The zero-order valence-electron chi connectivity index (χ0n) is 16.5. The van der Waals surface area contributed by atoms with Crippen LogP contribution in [0.3, 0.4) is 0 Å². The molecule has 2 amide bonds. The topological polar surface area (TPSA) is 71.0 Å². The lowest BCUT2D eigenvalue weighted by molar-refractivity contribution is -0.129. The van der Waals surface area contributed by atoms with E-state index < -0.39 is 11.1 Å². The summed E-state index contributed by atoms with van der Waals surface area (Å²) in [7, 11) is 0. The maximum Gasteiger partial charge on any atom is 0.238 e. The van der Waals surface area contributed by atoms with Crippen molar-refractivity contribution in [1.29, 1.82) is 0 Å². The van der Waals surface area contributed by atoms with Gasteiger partial charge in [-0.05, 0) is 43.3 Å². The highest BCUT2D eigenvalue weighted by Gasteiger charge is 2.35. The van der Waals surface area contributed by atoms with Crippen LogP contribution in [0.2, 0.25) is 0 Å². The third-order valence-corrected chi connectivity index (χ3v) is 5.43. The summed E-state index contributed by atoms with van der Waals surface area (Å²) in [5, 5.41) is 2.39. The van der Waals surface area contributed by atoms with Crippen molar-refractivity contribution in [2.75, 3.05) is 18.5 Å². The first kappa shape index (κ1) is 21.6. The van der Waals surface area contributed by atoms with Crippen molar-refractivity contribution in [1.82, 2.24) is 4.90 Å². The molecule has 1 heterocycles. The molecule has 1 N–H and O–H groups in total. The standard InChI is InChI=1S/C22H22FN3O3S/c1-3-13-26-20(27)14-19(30-22(26)25-18-8-6-5-7-17(18)23)21(28)24-15-9-11-16(12-10-15)29-4-2/h3,5-12,19H,1,4,13-14H2,2H3,(H,24,28)/t19-/m1/s1. The van der Waals surface area contributed by atoms with Gasteiger partial charge in [-0.1, -0.05) is 30.0 Å². The van der Waals surface area contributed by atoms with Crippen LogP contribution in [-0.2, 0) is 9.59 Å². The van der Waals surface area contributed by atoms with Gasteiger partial charge < -0.3 is 10.1 Å². The summed E-state index contributed by atoms with van der Waals surface area (Å²) in [4.78, 5) is 31.1. The zero-order valence-corrected chi connectivity index (χ0v) is 17.3. The molecule has 2 aromatic carbocycles. The largest absolute Gasteiger partial charge is 0.494 e. The number of amidine groups is 1. The third kappa shape index (κ3) is 5.27. The minimum absolute atomic E-state index is 0.0116. The summed E-state index contributed by atoms with van der Waals surface area (Å²) in [6, 6.07) is 13.0. The van der Waals surface area contributed by atoms with Crippen LogP contribution in [0.4, 0.5) is 15.8 Å². The minimum Gasteiger partial charge on any atom is -0.494 e. The van der Waals surface area contributed by atoms with Crippen molar-refractivity contribution in [3.8, 4) is 5.75 Å². The number of ether oxygens (including phenoxy) is 1. The number of rotatable bonds is 7. The van der Waals surface area contributed by atoms with E-state index in [1.165, 1.54) is 17.0 Å². The number of aliphatic imine (C=N–C) groups is 1. The smallest absolute Gasteiger partial charge is 0.238 e. The predicted octanol–water partition coefficient (Wildman–Crippen LogP) is 4.37. The summed E-state index contributed by atoms with van der Waals surface area (Å²) in [6.07, 6.45) is 1.58. The molecule has 1 aliphatic heterocycles. The number of benzene rings is 2. The fourth-order valence-corrected chi connectivity index (χ4v) is 3.92. The summed E-state index contributed by atoms with van der Waals surface area (Å²) in [5.41, 5.74) is 0.701. The fraction of sp³-hybridized carbons (Fsp3) is 0.227. The number of carbonyl (C=O) groups is 2. The van der Waals surface area contributed by atoms with Gasteiger partial charge in [0, 0.05) is 18.7 Å². The van der Waals surface area contributed by atoms with Crippen LogP contribution >= 0.6 is 11.8 Å². The Bertz CT molecular complexity index is 962. The predicted molar refractivity (Wildman–Crippen MR) is 118 cm³/mol. The molecular weight excluding hydrogens is 405 g/mol. The van der Waals surface area contributed by atoms with E-state index >= 15 is 0 Å². The summed E-state index contributed by atoms with van der Waals surface area (Å²) in [6.45, 7) is 6.33. The molecule has 1 atom stereocenters. The Morgan fingerprint density at radius 2 is 2.07 bits per heavy atom. The third-order valence-electron chi connectivity index (χ3n) is 4.25. The van der Waals surface area contributed by atoms with Crippen molar-refractivity contribution in [3.05, 3.63) is 67.0 Å². The number of hydrogen-bond acceptors (Lipinski definition) is 5. The molecule has 0 spiro atoms. The minimum atomic E-state index is -0.685. The van der Waals surface area contributed by atoms with E-state index in [9.17, 15) is 14.0 Å². The lowest BCUT2D eigenvalue weighted by Gasteiger charge is -2.31. The molecule has 0 unspecified atom stereocenters. The van der Waals surface area contributed by atoms with Gasteiger partial charge in [0.1, 0.15) is 22.5 Å². The second-order valence-corrected chi connectivity index (χ2v) is 7.57. The first-order valence-corrected chi connectivity index (χ1v) is 10.3. The number of carbonyl (C=O) groups excluding carboxylic acids is 2. The van der Waals surface area contributed by atoms with Gasteiger partial charge in [0.15, 0.2) is 5.17 Å². The molecule has 8 heteroatoms. The SMILES string of the molecule is C=CCN1C(=O)C[C@H](C(=O)Nc2ccc(OCC)cc2)SC1=Nc1ccccc1F. The highest BCUT2D eigenvalue weighted by Crippen LogP contribution is 2.30. The Morgan fingerprint density at radius 3 is 2.73 bits per heavy atom. The molecule has 1 fully saturated rings. The van der Waals surface area contributed by atoms with E-state index in [1.807, 2.05) is 6.92 Å². The van der Waals surface area contributed by atoms with Crippen LogP contribution in [0.15, 0.2) is 66.2 Å². The first-order valence-electron chi connectivity index (χ1n) is 9.46. The second-order valence-electron chi connectivity index (χ2n) is 6.40. The normalized spacial score (nSPS) is 17.7. The fourth-order valence-electron chi connectivity index (χ4n) is 2.82. The maximum atomic E-state index is 14.1. The van der Waals surface area contributed by atoms with Gasteiger partial charge in [-0.25, -0.2) is 9.38 Å². The molecule has 2 aromatic rings. The van der Waals surface area contributed by atoms with Crippen molar-refractivity contribution < 1.29 is 18.7 Å². The molecule has 0 bridgehead atoms. The molecule has 30 heavy (non-hydrogen) atoms. The Hall–Kier alpha value is -3.13. The van der Waals surface area contributed by atoms with E-state index in [1.54, 1.807) is 42.5 Å². The van der Waals surface area contributed by atoms with Crippen LogP contribution in [0.1, 0.15) is 13.3 Å². The highest BCUT2D eigenvalue weighted by molar-refractivity contribution is 8.15. The average molecular weight is 428 g/mol. The van der Waals surface area contributed by atoms with Crippen LogP contribution in [-0.4, -0.2) is 40.3 Å². The Labute approximate surface area is 178 Å². The Balaban J connectivity index is 1.79. The van der Waals surface area contributed by atoms with E-state index in [2.05, 4.69) is 16.9 Å². The van der Waals surface area contributed by atoms with Crippen LogP contribution in [0.25, 0.3) is 0 Å². The van der Waals surface area contributed by atoms with Gasteiger partial charge in [0.25, 0.3) is 0 Å². The van der Waals surface area contributed by atoms with Gasteiger partial charge in [0.05, 0.1) is 6.61 Å². The Kier molecular flexibility index (Phi) is 7.24. The number of hydrogen-bond donors (Lipinski definition) is 1. The molecular formula is C22H22FN3O3S. The van der Waals surface area contributed by atoms with E-state index in [-0.39, 0.29) is 35.6 Å². The molecule has 1 aliphatic rings. The van der Waals surface area contributed by atoms with Gasteiger partial charge in [-0.3, -0.25) is 14.5 Å². The lowest BCUT2D eigenvalue weighted by atomic mass is 10.2. The summed E-state index contributed by atoms with van der Waals surface area (Å²) >= 11 is 1.13. The van der Waals surface area contributed by atoms with E-state index in [0.29, 0.717) is 18.0 Å². The molecule has 6 nitrogen and oxygen atoms in total. The van der Waals surface area contributed by atoms with Crippen molar-refractivity contribution >= 4 is 40.1 Å². The van der Waals surface area contributed by atoms with E-state index in [0.717, 1.165) is 11.8 Å². The molecule has 0 aromatic heterocycles. The molecule has 156 valence electrons. The van der Waals surface area contributed by atoms with Crippen LogP contribution in [0.5, 0.6) is 5.75 Å². The highest BCUT2D eigenvalue weighted by atomic mass is 32.2.